The highest BCUT2D eigenvalue weighted by atomic mass is 32.3. The largest absolute Gasteiger partial charge is 0.320 e. The quantitative estimate of drug-likeness (QED) is 0.644. The van der Waals surface area contributed by atoms with Gasteiger partial charge >= 0.3 is 0 Å². The summed E-state index contributed by atoms with van der Waals surface area (Å²) in [4.78, 5) is 0. The van der Waals surface area contributed by atoms with Crippen molar-refractivity contribution < 1.29 is 22.3 Å². The molecule has 0 fully saturated rings. The molecule has 3 rings (SSSR count). The average Bonchev–Trinajstić information content (AvgIpc) is 2.57. The first-order chi connectivity index (χ1) is 12.4. The molecule has 2 aromatic rings. The predicted octanol–water partition coefficient (Wildman–Crippen LogP) is 4.83. The van der Waals surface area contributed by atoms with E-state index in [4.69, 9.17) is 0 Å². The first kappa shape index (κ1) is 19.0. The maximum Gasteiger partial charge on any atom is 0.151 e. The number of hydrogen-bond donors (Lipinski definition) is 3. The van der Waals surface area contributed by atoms with Gasteiger partial charge in [0.05, 0.1) is 10.9 Å². The minimum atomic E-state index is -3.57. The lowest BCUT2D eigenvalue weighted by Gasteiger charge is -2.52. The Balaban J connectivity index is 2.13. The Labute approximate surface area is 152 Å². The molecular weight excluding hydrogens is 365 g/mol. The molecule has 1 aliphatic rings. The molecule has 26 heavy (non-hydrogen) atoms. The molecule has 1 aliphatic heterocycles. The van der Waals surface area contributed by atoms with Crippen LogP contribution in [0.2, 0.25) is 0 Å². The molecule has 1 heterocycles. The number of anilines is 2. The van der Waals surface area contributed by atoms with Crippen LogP contribution >= 0.6 is 10.8 Å². The summed E-state index contributed by atoms with van der Waals surface area (Å²) in [6.07, 6.45) is 1.30. The Hall–Kier alpha value is -1.74. The second kappa shape index (κ2) is 7.48. The molecule has 1 atom stereocenters. The molecule has 0 bridgehead atoms. The topological polar surface area (TPSA) is 55.7 Å². The molecule has 8 heteroatoms. The number of hydrogen-bond acceptors (Lipinski definition) is 4. The van der Waals surface area contributed by atoms with E-state index in [1.54, 1.807) is 7.05 Å². The van der Waals surface area contributed by atoms with Gasteiger partial charge in [0, 0.05) is 0 Å². The highest BCUT2D eigenvalue weighted by Crippen LogP contribution is 2.61. The van der Waals surface area contributed by atoms with Gasteiger partial charge in [0.15, 0.2) is 11.6 Å². The molecular formula is C18H21F3N2O2S. The third kappa shape index (κ3) is 3.42. The zero-order chi connectivity index (χ0) is 18.9. The standard InChI is InChI=1S/C18H21F3N2O2S/c1-22-9-3-4-14-11-12-10-13(19)7-8-17(12)23(26(14,24)25)18-15(20)5-2-6-16(18)21/h2,5-8,10,14,22,24-25H,3-4,9,11H2,1H3/t14-/m0/s1. The second-order valence-corrected chi connectivity index (χ2v) is 8.42. The van der Waals surface area contributed by atoms with Crippen molar-refractivity contribution in [3.05, 3.63) is 59.4 Å². The number of halogens is 3. The van der Waals surface area contributed by atoms with Gasteiger partial charge in [0.25, 0.3) is 0 Å². The second-order valence-electron chi connectivity index (χ2n) is 6.27. The monoisotopic (exact) mass is 386 g/mol. The van der Waals surface area contributed by atoms with Crippen molar-refractivity contribution >= 4 is 22.2 Å². The third-order valence-corrected chi connectivity index (χ3v) is 6.73. The minimum absolute atomic E-state index is 0.209. The first-order valence-electron chi connectivity index (χ1n) is 8.30. The lowest BCUT2D eigenvalue weighted by molar-refractivity contribution is 0.451. The fourth-order valence-electron chi connectivity index (χ4n) is 3.27. The van der Waals surface area contributed by atoms with Gasteiger partial charge in [-0.05, 0) is 68.8 Å². The van der Waals surface area contributed by atoms with E-state index in [0.29, 0.717) is 24.9 Å². The number of nitrogens with one attached hydrogen (secondary N) is 1. The Morgan fingerprint density at radius 3 is 2.50 bits per heavy atom. The van der Waals surface area contributed by atoms with Crippen molar-refractivity contribution in [1.29, 1.82) is 0 Å². The molecule has 0 unspecified atom stereocenters. The molecule has 0 spiro atoms. The van der Waals surface area contributed by atoms with Gasteiger partial charge in [0.1, 0.15) is 11.5 Å². The van der Waals surface area contributed by atoms with Crippen molar-refractivity contribution in [3.63, 3.8) is 0 Å². The lowest BCUT2D eigenvalue weighted by atomic mass is 10.0. The van der Waals surface area contributed by atoms with Crippen molar-refractivity contribution in [1.82, 2.24) is 5.32 Å². The summed E-state index contributed by atoms with van der Waals surface area (Å²) in [5.41, 5.74) is 0.173. The first-order valence-corrected chi connectivity index (χ1v) is 9.87. The number of benzene rings is 2. The van der Waals surface area contributed by atoms with E-state index in [9.17, 15) is 22.3 Å². The zero-order valence-electron chi connectivity index (χ0n) is 14.3. The predicted molar refractivity (Wildman–Crippen MR) is 98.4 cm³/mol. The smallest absolute Gasteiger partial charge is 0.151 e. The third-order valence-electron chi connectivity index (χ3n) is 4.52. The molecule has 0 aromatic heterocycles. The lowest BCUT2D eigenvalue weighted by Crippen LogP contribution is -2.38. The molecule has 2 aromatic carbocycles. The van der Waals surface area contributed by atoms with Crippen molar-refractivity contribution in [2.75, 3.05) is 17.9 Å². The SMILES string of the molecule is CNCCC[C@H]1Cc2cc(F)ccc2N(c2c(F)cccc2F)S1(O)O. The number of para-hydroxylation sites is 1. The normalized spacial score (nSPS) is 19.9. The fraction of sp³-hybridized carbons (Fsp3) is 0.333. The molecule has 0 saturated carbocycles. The average molecular weight is 386 g/mol. The van der Waals surface area contributed by atoms with Gasteiger partial charge in [-0.3, -0.25) is 9.11 Å². The molecule has 0 saturated heterocycles. The van der Waals surface area contributed by atoms with Gasteiger partial charge in [0.2, 0.25) is 0 Å². The summed E-state index contributed by atoms with van der Waals surface area (Å²) in [5.74, 6) is -2.29. The minimum Gasteiger partial charge on any atom is -0.320 e. The van der Waals surface area contributed by atoms with Crippen molar-refractivity contribution in [2.24, 2.45) is 0 Å². The highest BCUT2D eigenvalue weighted by molar-refractivity contribution is 8.26. The van der Waals surface area contributed by atoms with Crippen molar-refractivity contribution in [3.8, 4) is 0 Å². The maximum atomic E-state index is 14.4. The van der Waals surface area contributed by atoms with Crippen LogP contribution in [0.25, 0.3) is 0 Å². The Morgan fingerprint density at radius 1 is 1.15 bits per heavy atom. The Morgan fingerprint density at radius 2 is 1.85 bits per heavy atom. The van der Waals surface area contributed by atoms with E-state index in [2.05, 4.69) is 5.32 Å². The van der Waals surface area contributed by atoms with Crippen molar-refractivity contribution in [2.45, 2.75) is 24.5 Å². The molecule has 0 radical (unpaired) electrons. The van der Waals surface area contributed by atoms with Gasteiger partial charge in [-0.25, -0.2) is 17.5 Å². The van der Waals surface area contributed by atoms with E-state index in [0.717, 1.165) is 22.5 Å². The molecule has 0 aliphatic carbocycles. The summed E-state index contributed by atoms with van der Waals surface area (Å²) in [5, 5.41) is 2.31. The highest BCUT2D eigenvalue weighted by Gasteiger charge is 2.41. The van der Waals surface area contributed by atoms with Gasteiger partial charge in [-0.2, -0.15) is 0 Å². The van der Waals surface area contributed by atoms with Crippen LogP contribution in [0.4, 0.5) is 24.5 Å². The van der Waals surface area contributed by atoms with Crippen LogP contribution in [-0.2, 0) is 6.42 Å². The van der Waals surface area contributed by atoms with Crippen LogP contribution in [0.5, 0.6) is 0 Å². The van der Waals surface area contributed by atoms with Crippen LogP contribution in [0.15, 0.2) is 36.4 Å². The Kier molecular flexibility index (Phi) is 5.47. The van der Waals surface area contributed by atoms with Crippen LogP contribution in [0.1, 0.15) is 18.4 Å². The van der Waals surface area contributed by atoms with Crippen LogP contribution < -0.4 is 9.62 Å². The van der Waals surface area contributed by atoms with Gasteiger partial charge in [-0.1, -0.05) is 6.07 Å². The summed E-state index contributed by atoms with van der Waals surface area (Å²) in [6.45, 7) is 0.663. The summed E-state index contributed by atoms with van der Waals surface area (Å²) in [7, 11) is -1.78. The van der Waals surface area contributed by atoms with Gasteiger partial charge < -0.3 is 5.32 Å². The van der Waals surface area contributed by atoms with Gasteiger partial charge in [-0.15, -0.1) is 10.8 Å². The molecule has 3 N–H and O–H groups in total. The van der Waals surface area contributed by atoms with Crippen LogP contribution in [0, 0.1) is 17.5 Å². The fourth-order valence-corrected chi connectivity index (χ4v) is 5.37. The van der Waals surface area contributed by atoms with Crippen LogP contribution in [-0.4, -0.2) is 27.9 Å². The van der Waals surface area contributed by atoms with E-state index in [1.807, 2.05) is 0 Å². The molecule has 0 amide bonds. The van der Waals surface area contributed by atoms with Crippen LogP contribution in [0.3, 0.4) is 0 Å². The molecule has 142 valence electrons. The number of rotatable bonds is 5. The molecule has 4 nitrogen and oxygen atoms in total. The summed E-state index contributed by atoms with van der Waals surface area (Å²) in [6, 6.07) is 7.07. The maximum absolute atomic E-state index is 14.4. The zero-order valence-corrected chi connectivity index (χ0v) is 15.1. The van der Waals surface area contributed by atoms with E-state index in [1.165, 1.54) is 18.2 Å². The summed E-state index contributed by atoms with van der Waals surface area (Å²) >= 11 is 0. The Bertz CT molecular complexity index is 784. The van der Waals surface area contributed by atoms with E-state index < -0.39 is 39.2 Å². The van der Waals surface area contributed by atoms with E-state index in [-0.39, 0.29) is 12.1 Å². The summed E-state index contributed by atoms with van der Waals surface area (Å²) < 4.78 is 65.3. The van der Waals surface area contributed by atoms with E-state index >= 15 is 0 Å². The number of nitrogens with zero attached hydrogens (tertiary/aromatic N) is 1. The number of fused-ring (bicyclic) bond motifs is 1.